The molecule has 2 rings (SSSR count). The molecule has 2 atom stereocenters. The van der Waals surface area contributed by atoms with E-state index in [9.17, 15) is 4.79 Å². The molecule has 0 saturated heterocycles. The number of carboxylic acids is 1. The number of aromatic nitrogens is 1. The van der Waals surface area contributed by atoms with E-state index in [-0.39, 0.29) is 11.3 Å². The van der Waals surface area contributed by atoms with Gasteiger partial charge < -0.3 is 5.11 Å². The minimum atomic E-state index is -0.715. The van der Waals surface area contributed by atoms with Gasteiger partial charge in [0.15, 0.2) is 0 Å². The second-order valence-corrected chi connectivity index (χ2v) is 3.73. The lowest BCUT2D eigenvalue weighted by Crippen LogP contribution is -2.12. The molecule has 0 spiro atoms. The zero-order valence-electron chi connectivity index (χ0n) is 7.40. The zero-order valence-corrected chi connectivity index (χ0v) is 7.40. The molecule has 1 aromatic heterocycles. The Kier molecular flexibility index (Phi) is 1.62. The number of aliphatic carboxylic acids is 1. The van der Waals surface area contributed by atoms with Crippen LogP contribution in [0.1, 0.15) is 19.0 Å². The Morgan fingerprint density at radius 2 is 2.46 bits per heavy atom. The van der Waals surface area contributed by atoms with Crippen LogP contribution in [0, 0.1) is 5.92 Å². The quantitative estimate of drug-likeness (QED) is 0.743. The van der Waals surface area contributed by atoms with Gasteiger partial charge >= 0.3 is 5.97 Å². The molecule has 1 aromatic rings. The van der Waals surface area contributed by atoms with Gasteiger partial charge in [-0.3, -0.25) is 9.78 Å². The summed E-state index contributed by atoms with van der Waals surface area (Å²) in [7, 11) is 0. The molecule has 0 radical (unpaired) electrons. The Bertz CT molecular complexity index is 336. The third-order valence-electron chi connectivity index (χ3n) is 2.79. The number of carboxylic acid groups (broad SMARTS) is 1. The highest BCUT2D eigenvalue weighted by molar-refractivity contribution is 5.76. The van der Waals surface area contributed by atoms with Crippen molar-refractivity contribution in [1.82, 2.24) is 4.98 Å². The van der Waals surface area contributed by atoms with Gasteiger partial charge in [-0.25, -0.2) is 0 Å². The summed E-state index contributed by atoms with van der Waals surface area (Å²) in [5.41, 5.74) is 0.662. The molecule has 1 heterocycles. The predicted octanol–water partition coefficient (Wildman–Crippen LogP) is 1.44. The molecular formula is C10H11NO2. The van der Waals surface area contributed by atoms with Crippen molar-refractivity contribution in [2.45, 2.75) is 18.8 Å². The van der Waals surface area contributed by atoms with E-state index in [1.54, 1.807) is 6.20 Å². The van der Waals surface area contributed by atoms with Crippen LogP contribution in [0.2, 0.25) is 0 Å². The van der Waals surface area contributed by atoms with Crippen LogP contribution in [0.5, 0.6) is 0 Å². The van der Waals surface area contributed by atoms with Gasteiger partial charge in [-0.15, -0.1) is 0 Å². The molecular weight excluding hydrogens is 166 g/mol. The average molecular weight is 177 g/mol. The second-order valence-electron chi connectivity index (χ2n) is 3.73. The molecule has 3 heteroatoms. The molecule has 0 amide bonds. The third-order valence-corrected chi connectivity index (χ3v) is 2.79. The van der Waals surface area contributed by atoms with E-state index in [0.29, 0.717) is 6.42 Å². The summed E-state index contributed by atoms with van der Waals surface area (Å²) in [5, 5.41) is 8.82. The minimum Gasteiger partial charge on any atom is -0.481 e. The van der Waals surface area contributed by atoms with Crippen molar-refractivity contribution in [3.05, 3.63) is 30.1 Å². The highest BCUT2D eigenvalue weighted by Gasteiger charge is 2.56. The highest BCUT2D eigenvalue weighted by Crippen LogP contribution is 2.53. The Hall–Kier alpha value is -1.38. The number of nitrogens with zero attached hydrogens (tertiary/aromatic N) is 1. The smallest absolute Gasteiger partial charge is 0.307 e. The Balaban J connectivity index is 2.25. The summed E-state index contributed by atoms with van der Waals surface area (Å²) in [5.74, 6) is -0.962. The van der Waals surface area contributed by atoms with Crippen LogP contribution < -0.4 is 0 Å². The Labute approximate surface area is 76.4 Å². The van der Waals surface area contributed by atoms with Crippen molar-refractivity contribution in [3.8, 4) is 0 Å². The molecule has 13 heavy (non-hydrogen) atoms. The van der Waals surface area contributed by atoms with E-state index in [4.69, 9.17) is 5.11 Å². The maximum atomic E-state index is 10.7. The van der Waals surface area contributed by atoms with E-state index < -0.39 is 5.97 Å². The van der Waals surface area contributed by atoms with Crippen molar-refractivity contribution in [2.24, 2.45) is 5.92 Å². The molecule has 1 saturated carbocycles. The first kappa shape index (κ1) is 8.23. The van der Waals surface area contributed by atoms with Crippen LogP contribution in [0.25, 0.3) is 0 Å². The van der Waals surface area contributed by atoms with Gasteiger partial charge in [0, 0.05) is 17.3 Å². The molecule has 1 aliphatic rings. The summed E-state index contributed by atoms with van der Waals surface area (Å²) in [4.78, 5) is 14.9. The summed E-state index contributed by atoms with van der Waals surface area (Å²) in [6.07, 6.45) is 2.41. The molecule has 68 valence electrons. The lowest BCUT2D eigenvalue weighted by Gasteiger charge is -2.07. The van der Waals surface area contributed by atoms with Gasteiger partial charge in [0.05, 0.1) is 5.92 Å². The molecule has 0 aliphatic heterocycles. The molecule has 1 aliphatic carbocycles. The largest absolute Gasteiger partial charge is 0.481 e. The fraction of sp³-hybridized carbons (Fsp3) is 0.400. The molecule has 3 nitrogen and oxygen atoms in total. The van der Waals surface area contributed by atoms with E-state index in [1.165, 1.54) is 0 Å². The maximum absolute atomic E-state index is 10.7. The Morgan fingerprint density at radius 3 is 2.92 bits per heavy atom. The van der Waals surface area contributed by atoms with Gasteiger partial charge in [-0.05, 0) is 18.6 Å². The predicted molar refractivity (Wildman–Crippen MR) is 47.3 cm³/mol. The standard InChI is InChI=1S/C10H11NO2/c1-10(6-7(10)9(12)13)8-4-2-3-5-11-8/h2-5,7H,6H2,1H3,(H,12,13). The lowest BCUT2D eigenvalue weighted by molar-refractivity contribution is -0.139. The van der Waals surface area contributed by atoms with Crippen LogP contribution in [-0.2, 0) is 10.2 Å². The monoisotopic (exact) mass is 177 g/mol. The van der Waals surface area contributed by atoms with E-state index in [0.717, 1.165) is 5.69 Å². The molecule has 0 bridgehead atoms. The highest BCUT2D eigenvalue weighted by atomic mass is 16.4. The first-order valence-corrected chi connectivity index (χ1v) is 4.29. The van der Waals surface area contributed by atoms with Crippen LogP contribution in [0.4, 0.5) is 0 Å². The van der Waals surface area contributed by atoms with Crippen molar-refractivity contribution in [2.75, 3.05) is 0 Å². The fourth-order valence-corrected chi connectivity index (χ4v) is 1.71. The van der Waals surface area contributed by atoms with E-state index in [2.05, 4.69) is 4.98 Å². The first-order chi connectivity index (χ1) is 6.14. The summed E-state index contributed by atoms with van der Waals surface area (Å²) in [6, 6.07) is 5.62. The van der Waals surface area contributed by atoms with Crippen LogP contribution >= 0.6 is 0 Å². The van der Waals surface area contributed by atoms with Crippen molar-refractivity contribution < 1.29 is 9.90 Å². The number of hydrogen-bond acceptors (Lipinski definition) is 2. The van der Waals surface area contributed by atoms with Crippen LogP contribution in [0.15, 0.2) is 24.4 Å². The summed E-state index contributed by atoms with van der Waals surface area (Å²) < 4.78 is 0. The van der Waals surface area contributed by atoms with E-state index >= 15 is 0 Å². The van der Waals surface area contributed by atoms with Gasteiger partial charge in [0.1, 0.15) is 0 Å². The zero-order chi connectivity index (χ0) is 9.47. The topological polar surface area (TPSA) is 50.2 Å². The fourth-order valence-electron chi connectivity index (χ4n) is 1.71. The summed E-state index contributed by atoms with van der Waals surface area (Å²) >= 11 is 0. The minimum absolute atomic E-state index is 0.229. The first-order valence-electron chi connectivity index (χ1n) is 4.29. The number of rotatable bonds is 2. The Morgan fingerprint density at radius 1 is 1.69 bits per heavy atom. The van der Waals surface area contributed by atoms with Crippen molar-refractivity contribution in [3.63, 3.8) is 0 Å². The van der Waals surface area contributed by atoms with Gasteiger partial charge in [-0.1, -0.05) is 13.0 Å². The summed E-state index contributed by atoms with van der Waals surface area (Å²) in [6.45, 7) is 1.95. The normalized spacial score (nSPS) is 31.3. The third kappa shape index (κ3) is 1.20. The van der Waals surface area contributed by atoms with Gasteiger partial charge in [-0.2, -0.15) is 0 Å². The van der Waals surface area contributed by atoms with Crippen molar-refractivity contribution in [1.29, 1.82) is 0 Å². The molecule has 1 N–H and O–H groups in total. The molecule has 0 aromatic carbocycles. The van der Waals surface area contributed by atoms with Gasteiger partial charge in [0.2, 0.25) is 0 Å². The van der Waals surface area contributed by atoms with Gasteiger partial charge in [0.25, 0.3) is 0 Å². The molecule has 2 unspecified atom stereocenters. The van der Waals surface area contributed by atoms with E-state index in [1.807, 2.05) is 25.1 Å². The number of carbonyl (C=O) groups is 1. The second kappa shape index (κ2) is 2.55. The molecule has 1 fully saturated rings. The number of pyridine rings is 1. The lowest BCUT2D eigenvalue weighted by atomic mass is 10.0. The van der Waals surface area contributed by atoms with Crippen LogP contribution in [0.3, 0.4) is 0 Å². The average Bonchev–Trinajstić information content (AvgIpc) is 2.82. The number of hydrogen-bond donors (Lipinski definition) is 1. The maximum Gasteiger partial charge on any atom is 0.307 e. The SMILES string of the molecule is CC1(c2ccccn2)CC1C(=O)O. The van der Waals surface area contributed by atoms with Crippen LogP contribution in [-0.4, -0.2) is 16.1 Å². The van der Waals surface area contributed by atoms with Crippen molar-refractivity contribution >= 4 is 5.97 Å².